The van der Waals surface area contributed by atoms with Gasteiger partial charge in [-0.3, -0.25) is 19.6 Å². The number of amides is 2. The smallest absolute Gasteiger partial charge is 0.412 e. The Morgan fingerprint density at radius 1 is 0.947 bits per heavy atom. The standard InChI is InChI=1S/C29H26N4O5/c1-32-27(24(15-30-32)28(36)33(17-26(34)35)16-19-9-3-2-4-10-19)31-29(37)38-18-25-22-13-7-5-11-20(22)21-12-6-8-14-23(21)25/h2-15,25H,16-18H2,1H3,(H,31,37)(H,34,35). The summed E-state index contributed by atoms with van der Waals surface area (Å²) < 4.78 is 6.96. The number of carbonyl (C=O) groups is 3. The molecule has 1 aliphatic carbocycles. The first-order valence-electron chi connectivity index (χ1n) is 12.1. The summed E-state index contributed by atoms with van der Waals surface area (Å²) in [5.41, 5.74) is 5.25. The van der Waals surface area contributed by atoms with Gasteiger partial charge in [0.05, 0.1) is 6.20 Å². The van der Waals surface area contributed by atoms with E-state index in [9.17, 15) is 19.5 Å². The maximum atomic E-state index is 13.4. The third-order valence-corrected chi connectivity index (χ3v) is 6.56. The molecule has 0 saturated carbocycles. The van der Waals surface area contributed by atoms with Gasteiger partial charge in [0.2, 0.25) is 0 Å². The number of carboxylic acid groups (broad SMARTS) is 1. The summed E-state index contributed by atoms with van der Waals surface area (Å²) in [5, 5.41) is 16.1. The zero-order valence-electron chi connectivity index (χ0n) is 20.7. The molecule has 0 unspecified atom stereocenters. The number of aryl methyl sites for hydroxylation is 1. The van der Waals surface area contributed by atoms with Crippen LogP contribution in [0, 0.1) is 0 Å². The Morgan fingerprint density at radius 2 is 1.55 bits per heavy atom. The third-order valence-electron chi connectivity index (χ3n) is 6.56. The first-order chi connectivity index (χ1) is 18.4. The molecule has 0 aliphatic heterocycles. The van der Waals surface area contributed by atoms with E-state index in [1.165, 1.54) is 15.8 Å². The zero-order chi connectivity index (χ0) is 26.6. The molecule has 5 rings (SSSR count). The molecule has 9 nitrogen and oxygen atoms in total. The van der Waals surface area contributed by atoms with Gasteiger partial charge in [-0.1, -0.05) is 78.9 Å². The predicted molar refractivity (Wildman–Crippen MR) is 141 cm³/mol. The third kappa shape index (κ3) is 4.99. The number of nitrogens with zero attached hydrogens (tertiary/aromatic N) is 3. The molecule has 4 aromatic rings. The van der Waals surface area contributed by atoms with Crippen molar-refractivity contribution >= 4 is 23.8 Å². The summed E-state index contributed by atoms with van der Waals surface area (Å²) >= 11 is 0. The van der Waals surface area contributed by atoms with Crippen molar-refractivity contribution in [2.75, 3.05) is 18.5 Å². The van der Waals surface area contributed by atoms with Crippen LogP contribution in [0.2, 0.25) is 0 Å². The Balaban J connectivity index is 1.31. The van der Waals surface area contributed by atoms with E-state index >= 15 is 0 Å². The molecule has 2 amide bonds. The number of hydrogen-bond donors (Lipinski definition) is 2. The largest absolute Gasteiger partial charge is 0.480 e. The molecular weight excluding hydrogens is 484 g/mol. The van der Waals surface area contributed by atoms with Gasteiger partial charge in [-0.25, -0.2) is 4.79 Å². The Kier molecular flexibility index (Phi) is 6.90. The van der Waals surface area contributed by atoms with Crippen LogP contribution in [0.5, 0.6) is 0 Å². The summed E-state index contributed by atoms with van der Waals surface area (Å²) in [7, 11) is 1.58. The van der Waals surface area contributed by atoms with Gasteiger partial charge < -0.3 is 14.7 Å². The topological polar surface area (TPSA) is 114 Å². The van der Waals surface area contributed by atoms with Crippen LogP contribution >= 0.6 is 0 Å². The Hall–Kier alpha value is -4.92. The number of aromatic nitrogens is 2. The Labute approximate surface area is 219 Å². The number of carboxylic acids is 1. The van der Waals surface area contributed by atoms with Gasteiger partial charge in [0.15, 0.2) is 0 Å². The Morgan fingerprint density at radius 3 is 2.18 bits per heavy atom. The fourth-order valence-corrected chi connectivity index (χ4v) is 4.81. The fraction of sp³-hybridized carbons (Fsp3) is 0.172. The predicted octanol–water partition coefficient (Wildman–Crippen LogP) is 4.51. The van der Waals surface area contributed by atoms with E-state index in [0.717, 1.165) is 27.8 Å². The van der Waals surface area contributed by atoms with Gasteiger partial charge in [0.1, 0.15) is 24.5 Å². The minimum atomic E-state index is -1.15. The summed E-state index contributed by atoms with van der Waals surface area (Å²) in [5.74, 6) is -1.71. The second-order valence-electron chi connectivity index (χ2n) is 9.02. The minimum absolute atomic E-state index is 0.0678. The van der Waals surface area contributed by atoms with Gasteiger partial charge in [-0.15, -0.1) is 0 Å². The lowest BCUT2D eigenvalue weighted by Crippen LogP contribution is -2.35. The number of rotatable bonds is 8. The molecule has 0 spiro atoms. The molecule has 2 N–H and O–H groups in total. The highest BCUT2D eigenvalue weighted by molar-refractivity contribution is 6.02. The molecule has 0 atom stereocenters. The van der Waals surface area contributed by atoms with Gasteiger partial charge in [0.25, 0.3) is 5.91 Å². The highest BCUT2D eigenvalue weighted by Gasteiger charge is 2.30. The molecule has 0 saturated heterocycles. The van der Waals surface area contributed by atoms with E-state index in [1.807, 2.05) is 54.6 Å². The maximum Gasteiger partial charge on any atom is 0.412 e. The van der Waals surface area contributed by atoms with E-state index in [0.29, 0.717) is 0 Å². The number of fused-ring (bicyclic) bond motifs is 3. The van der Waals surface area contributed by atoms with Crippen molar-refractivity contribution in [2.24, 2.45) is 7.05 Å². The zero-order valence-corrected chi connectivity index (χ0v) is 20.7. The van der Waals surface area contributed by atoms with Crippen molar-refractivity contribution in [2.45, 2.75) is 12.5 Å². The van der Waals surface area contributed by atoms with E-state index in [4.69, 9.17) is 4.74 Å². The van der Waals surface area contributed by atoms with Crippen molar-refractivity contribution in [1.29, 1.82) is 0 Å². The van der Waals surface area contributed by atoms with E-state index in [2.05, 4.69) is 22.5 Å². The number of benzene rings is 3. The van der Waals surface area contributed by atoms with Crippen molar-refractivity contribution in [3.8, 4) is 11.1 Å². The molecule has 0 bridgehead atoms. The lowest BCUT2D eigenvalue weighted by Gasteiger charge is -2.21. The molecular formula is C29H26N4O5. The summed E-state index contributed by atoms with van der Waals surface area (Å²) in [6, 6.07) is 25.1. The first-order valence-corrected chi connectivity index (χ1v) is 12.1. The van der Waals surface area contributed by atoms with Crippen molar-refractivity contribution in [3.63, 3.8) is 0 Å². The van der Waals surface area contributed by atoms with Crippen LogP contribution in [0.3, 0.4) is 0 Å². The normalized spacial score (nSPS) is 11.9. The number of carbonyl (C=O) groups excluding carboxylic acids is 2. The molecule has 38 heavy (non-hydrogen) atoms. The quantitative estimate of drug-likeness (QED) is 0.361. The Bertz CT molecular complexity index is 1450. The number of nitrogens with one attached hydrogen (secondary N) is 1. The first kappa shape index (κ1) is 24.8. The van der Waals surface area contributed by atoms with E-state index in [1.54, 1.807) is 19.2 Å². The second-order valence-corrected chi connectivity index (χ2v) is 9.02. The molecule has 0 fully saturated rings. The van der Waals surface area contributed by atoms with Crippen LogP contribution in [-0.4, -0.2) is 50.9 Å². The number of hydrogen-bond acceptors (Lipinski definition) is 5. The number of ether oxygens (including phenoxy) is 1. The highest BCUT2D eigenvalue weighted by atomic mass is 16.5. The number of anilines is 1. The molecule has 1 aromatic heterocycles. The lowest BCUT2D eigenvalue weighted by molar-refractivity contribution is -0.137. The van der Waals surface area contributed by atoms with Crippen LogP contribution < -0.4 is 5.32 Å². The second kappa shape index (κ2) is 10.6. The number of aliphatic carboxylic acids is 1. The van der Waals surface area contributed by atoms with Gasteiger partial charge in [-0.2, -0.15) is 5.10 Å². The van der Waals surface area contributed by atoms with E-state index in [-0.39, 0.29) is 30.5 Å². The fourth-order valence-electron chi connectivity index (χ4n) is 4.81. The molecule has 3 aromatic carbocycles. The van der Waals surface area contributed by atoms with Gasteiger partial charge >= 0.3 is 12.1 Å². The van der Waals surface area contributed by atoms with Crippen LogP contribution in [0.1, 0.15) is 33.0 Å². The molecule has 9 heteroatoms. The monoisotopic (exact) mass is 510 g/mol. The van der Waals surface area contributed by atoms with Crippen molar-refractivity contribution in [1.82, 2.24) is 14.7 Å². The summed E-state index contributed by atoms with van der Waals surface area (Å²) in [6.07, 6.45) is 0.568. The molecule has 0 radical (unpaired) electrons. The lowest BCUT2D eigenvalue weighted by atomic mass is 9.98. The van der Waals surface area contributed by atoms with Crippen LogP contribution in [0.25, 0.3) is 11.1 Å². The molecule has 1 aliphatic rings. The van der Waals surface area contributed by atoms with Gasteiger partial charge in [0, 0.05) is 19.5 Å². The maximum absolute atomic E-state index is 13.4. The minimum Gasteiger partial charge on any atom is -0.480 e. The van der Waals surface area contributed by atoms with Crippen LogP contribution in [0.15, 0.2) is 85.1 Å². The van der Waals surface area contributed by atoms with Crippen molar-refractivity contribution in [3.05, 3.63) is 107 Å². The molecule has 192 valence electrons. The summed E-state index contributed by atoms with van der Waals surface area (Å²) in [6.45, 7) is -0.307. The highest BCUT2D eigenvalue weighted by Crippen LogP contribution is 2.44. The van der Waals surface area contributed by atoms with Crippen molar-refractivity contribution < 1.29 is 24.2 Å². The van der Waals surface area contributed by atoms with Crippen LogP contribution in [-0.2, 0) is 23.1 Å². The average Bonchev–Trinajstić information content (AvgIpc) is 3.44. The van der Waals surface area contributed by atoms with Gasteiger partial charge in [-0.05, 0) is 27.8 Å². The summed E-state index contributed by atoms with van der Waals surface area (Å²) in [4.78, 5) is 38.9. The van der Waals surface area contributed by atoms with E-state index < -0.39 is 24.5 Å². The SMILES string of the molecule is Cn1ncc(C(=O)N(CC(=O)O)Cc2ccccc2)c1NC(=O)OCC1c2ccccc2-c2ccccc21. The average molecular weight is 511 g/mol. The molecule has 1 heterocycles. The van der Waals surface area contributed by atoms with Crippen LogP contribution in [0.4, 0.5) is 10.6 Å².